The standard InChI is InChI=1S/C15H18IN7S/c16-4-5-23-9-12(7-19-23)21-15-18-8-13(24)14(22-15)20-11-3-1-2-10(17)6-11/h1-3,6-9,15,20-22,24H,4-5,17H2. The van der Waals surface area contributed by atoms with Gasteiger partial charge in [0.1, 0.15) is 5.82 Å². The zero-order chi connectivity index (χ0) is 16.9. The van der Waals surface area contributed by atoms with Gasteiger partial charge < -0.3 is 21.7 Å². The third-order valence-electron chi connectivity index (χ3n) is 3.29. The van der Waals surface area contributed by atoms with Crippen LogP contribution in [-0.4, -0.2) is 26.7 Å². The maximum Gasteiger partial charge on any atom is 0.195 e. The number of benzene rings is 1. The first-order chi connectivity index (χ1) is 11.6. The molecule has 1 aromatic heterocycles. The van der Waals surface area contributed by atoms with Gasteiger partial charge in [0.2, 0.25) is 0 Å². The van der Waals surface area contributed by atoms with Crippen molar-refractivity contribution < 1.29 is 0 Å². The summed E-state index contributed by atoms with van der Waals surface area (Å²) in [6.45, 7) is 0.881. The summed E-state index contributed by atoms with van der Waals surface area (Å²) in [5.41, 5.74) is 8.29. The van der Waals surface area contributed by atoms with Gasteiger partial charge in [-0.25, -0.2) is 4.99 Å². The average molecular weight is 455 g/mol. The van der Waals surface area contributed by atoms with Crippen molar-refractivity contribution in [1.29, 1.82) is 0 Å². The van der Waals surface area contributed by atoms with Crippen LogP contribution in [0.4, 0.5) is 17.1 Å². The number of nitrogen functional groups attached to an aromatic ring is 1. The average Bonchev–Trinajstić information content (AvgIpc) is 2.98. The van der Waals surface area contributed by atoms with Gasteiger partial charge in [0, 0.05) is 34.8 Å². The molecule has 5 N–H and O–H groups in total. The van der Waals surface area contributed by atoms with Crippen molar-refractivity contribution in [3.8, 4) is 0 Å². The lowest BCUT2D eigenvalue weighted by Gasteiger charge is -2.24. The Kier molecular flexibility index (Phi) is 5.51. The number of thiol groups is 1. The maximum atomic E-state index is 5.81. The first-order valence-electron chi connectivity index (χ1n) is 7.34. The van der Waals surface area contributed by atoms with E-state index in [4.69, 9.17) is 5.73 Å². The number of hydrogen-bond donors (Lipinski definition) is 5. The van der Waals surface area contributed by atoms with E-state index < -0.39 is 0 Å². The Bertz CT molecular complexity index is 771. The largest absolute Gasteiger partial charge is 0.399 e. The number of alkyl halides is 1. The Morgan fingerprint density at radius 2 is 2.25 bits per heavy atom. The molecule has 2 aromatic rings. The van der Waals surface area contributed by atoms with E-state index in [0.717, 1.165) is 33.1 Å². The molecule has 0 radical (unpaired) electrons. The lowest BCUT2D eigenvalue weighted by molar-refractivity contribution is 0.652. The number of aliphatic imine (C=N–C) groups is 1. The Labute approximate surface area is 159 Å². The van der Waals surface area contributed by atoms with Gasteiger partial charge in [-0.1, -0.05) is 28.7 Å². The quantitative estimate of drug-likeness (QED) is 0.200. The Balaban J connectivity index is 1.65. The van der Waals surface area contributed by atoms with Crippen LogP contribution in [-0.2, 0) is 6.54 Å². The number of nitrogens with one attached hydrogen (secondary N) is 3. The summed E-state index contributed by atoms with van der Waals surface area (Å²) in [6.07, 6.45) is 5.15. The molecule has 0 bridgehead atoms. The van der Waals surface area contributed by atoms with Gasteiger partial charge in [0.15, 0.2) is 6.29 Å². The van der Waals surface area contributed by atoms with Gasteiger partial charge in [0.05, 0.1) is 16.8 Å². The van der Waals surface area contributed by atoms with Crippen LogP contribution < -0.4 is 21.7 Å². The van der Waals surface area contributed by atoms with Crippen molar-refractivity contribution in [1.82, 2.24) is 15.1 Å². The summed E-state index contributed by atoms with van der Waals surface area (Å²) < 4.78 is 2.91. The van der Waals surface area contributed by atoms with Gasteiger partial charge in [-0.15, -0.1) is 12.6 Å². The predicted molar refractivity (Wildman–Crippen MR) is 111 cm³/mol. The third kappa shape index (κ3) is 4.35. The van der Waals surface area contributed by atoms with Crippen LogP contribution >= 0.6 is 35.2 Å². The molecule has 2 heterocycles. The lowest BCUT2D eigenvalue weighted by Crippen LogP contribution is -2.39. The molecule has 0 aliphatic carbocycles. The number of allylic oxidation sites excluding steroid dienone is 1. The smallest absolute Gasteiger partial charge is 0.195 e. The van der Waals surface area contributed by atoms with Crippen LogP contribution in [0, 0.1) is 0 Å². The van der Waals surface area contributed by atoms with E-state index in [9.17, 15) is 0 Å². The van der Waals surface area contributed by atoms with E-state index in [0.29, 0.717) is 5.69 Å². The molecule has 0 amide bonds. The van der Waals surface area contributed by atoms with Gasteiger partial charge in [-0.05, 0) is 18.2 Å². The third-order valence-corrected chi connectivity index (χ3v) is 4.11. The molecule has 9 heteroatoms. The monoisotopic (exact) mass is 455 g/mol. The van der Waals surface area contributed by atoms with E-state index in [2.05, 4.69) is 61.3 Å². The molecule has 24 heavy (non-hydrogen) atoms. The molecule has 1 unspecified atom stereocenters. The number of nitrogens with zero attached hydrogens (tertiary/aromatic N) is 3. The number of aryl methyl sites for hydroxylation is 1. The van der Waals surface area contributed by atoms with E-state index in [1.54, 1.807) is 12.4 Å². The topological polar surface area (TPSA) is 92.3 Å². The van der Waals surface area contributed by atoms with Crippen LogP contribution in [0.25, 0.3) is 0 Å². The second-order valence-corrected chi connectivity index (χ2v) is 6.72. The van der Waals surface area contributed by atoms with E-state index in [1.807, 2.05) is 35.1 Å². The normalized spacial score (nSPS) is 16.8. The molecular weight excluding hydrogens is 437 g/mol. The SMILES string of the molecule is Nc1cccc(NC2=C(S)C=NC(Nc3cnn(CCI)c3)N2)c1. The first kappa shape index (κ1) is 17.0. The fourth-order valence-electron chi connectivity index (χ4n) is 2.20. The number of nitrogens with two attached hydrogens (primary N) is 1. The molecule has 126 valence electrons. The van der Waals surface area contributed by atoms with Gasteiger partial charge in [0.25, 0.3) is 0 Å². The number of hydrogen-bond acceptors (Lipinski definition) is 7. The minimum absolute atomic E-state index is 0.304. The molecule has 0 spiro atoms. The van der Waals surface area contributed by atoms with Crippen LogP contribution in [0.15, 0.2) is 52.4 Å². The highest BCUT2D eigenvalue weighted by Gasteiger charge is 2.15. The highest BCUT2D eigenvalue weighted by Crippen LogP contribution is 2.18. The van der Waals surface area contributed by atoms with Crippen molar-refractivity contribution >= 4 is 58.5 Å². The minimum Gasteiger partial charge on any atom is -0.399 e. The zero-order valence-corrected chi connectivity index (χ0v) is 15.8. The molecule has 1 aliphatic heterocycles. The Morgan fingerprint density at radius 1 is 1.38 bits per heavy atom. The summed E-state index contributed by atoms with van der Waals surface area (Å²) in [7, 11) is 0. The van der Waals surface area contributed by atoms with Gasteiger partial charge in [-0.3, -0.25) is 4.68 Å². The Hall–Kier alpha value is -1.88. The summed E-state index contributed by atoms with van der Waals surface area (Å²) >= 11 is 6.76. The zero-order valence-electron chi connectivity index (χ0n) is 12.8. The molecule has 1 aromatic carbocycles. The van der Waals surface area contributed by atoms with E-state index in [-0.39, 0.29) is 6.29 Å². The van der Waals surface area contributed by atoms with Crippen LogP contribution in [0.1, 0.15) is 0 Å². The first-order valence-corrected chi connectivity index (χ1v) is 9.32. The second kappa shape index (κ2) is 7.79. The highest BCUT2D eigenvalue weighted by atomic mass is 127. The van der Waals surface area contributed by atoms with Crippen molar-refractivity contribution in [2.75, 3.05) is 20.8 Å². The number of halogens is 1. The summed E-state index contributed by atoms with van der Waals surface area (Å²) in [5.74, 6) is 0.760. The van der Waals surface area contributed by atoms with Crippen molar-refractivity contribution in [2.45, 2.75) is 12.8 Å². The fourth-order valence-corrected chi connectivity index (χ4v) is 2.88. The Morgan fingerprint density at radius 3 is 3.04 bits per heavy atom. The molecule has 0 fully saturated rings. The lowest BCUT2D eigenvalue weighted by atomic mass is 10.3. The fraction of sp³-hybridized carbons (Fsp3) is 0.200. The molecule has 1 atom stereocenters. The van der Waals surface area contributed by atoms with E-state index >= 15 is 0 Å². The molecule has 7 nitrogen and oxygen atoms in total. The van der Waals surface area contributed by atoms with Crippen molar-refractivity contribution in [3.63, 3.8) is 0 Å². The molecular formula is C15H18IN7S. The second-order valence-electron chi connectivity index (χ2n) is 5.16. The molecule has 3 rings (SSSR count). The van der Waals surface area contributed by atoms with Crippen LogP contribution in [0.3, 0.4) is 0 Å². The van der Waals surface area contributed by atoms with Gasteiger partial charge in [-0.2, -0.15) is 5.10 Å². The highest BCUT2D eigenvalue weighted by molar-refractivity contribution is 14.1. The molecule has 0 saturated heterocycles. The van der Waals surface area contributed by atoms with Crippen molar-refractivity contribution in [3.05, 3.63) is 47.4 Å². The number of anilines is 3. The minimum atomic E-state index is -0.304. The van der Waals surface area contributed by atoms with E-state index in [1.165, 1.54) is 0 Å². The molecule has 1 aliphatic rings. The summed E-state index contributed by atoms with van der Waals surface area (Å²) in [4.78, 5) is 5.10. The predicted octanol–water partition coefficient (Wildman–Crippen LogP) is 2.48. The maximum absolute atomic E-state index is 5.81. The van der Waals surface area contributed by atoms with Crippen molar-refractivity contribution in [2.24, 2.45) is 4.99 Å². The molecule has 0 saturated carbocycles. The number of aromatic nitrogens is 2. The van der Waals surface area contributed by atoms with Gasteiger partial charge >= 0.3 is 0 Å². The summed E-state index contributed by atoms with van der Waals surface area (Å²) in [6, 6.07) is 7.53. The summed E-state index contributed by atoms with van der Waals surface area (Å²) in [5, 5.41) is 14.1. The van der Waals surface area contributed by atoms with Crippen LogP contribution in [0.5, 0.6) is 0 Å². The van der Waals surface area contributed by atoms with Crippen LogP contribution in [0.2, 0.25) is 0 Å². The number of rotatable bonds is 6.